The van der Waals surface area contributed by atoms with E-state index >= 15 is 0 Å². The number of hydrogen-bond donors (Lipinski definition) is 1. The van der Waals surface area contributed by atoms with Crippen molar-refractivity contribution in [3.63, 3.8) is 0 Å². The molecule has 0 spiro atoms. The van der Waals surface area contributed by atoms with E-state index < -0.39 is 0 Å². The van der Waals surface area contributed by atoms with Gasteiger partial charge in [-0.15, -0.1) is 0 Å². The summed E-state index contributed by atoms with van der Waals surface area (Å²) in [5.41, 5.74) is 9.19. The summed E-state index contributed by atoms with van der Waals surface area (Å²) in [6, 6.07) is 12.2. The van der Waals surface area contributed by atoms with Crippen LogP contribution in [0.25, 0.3) is 0 Å². The molecule has 2 N–H and O–H groups in total. The average molecular weight is 259 g/mol. The van der Waals surface area contributed by atoms with E-state index in [1.165, 1.54) is 17.7 Å². The second-order valence-corrected chi connectivity index (χ2v) is 4.66. The zero-order valence-corrected chi connectivity index (χ0v) is 11.2. The van der Waals surface area contributed by atoms with Crippen LogP contribution >= 0.6 is 0 Å². The van der Waals surface area contributed by atoms with Crippen LogP contribution in [0.3, 0.4) is 0 Å². The molecule has 100 valence electrons. The van der Waals surface area contributed by atoms with E-state index in [-0.39, 0.29) is 11.9 Å². The van der Waals surface area contributed by atoms with Gasteiger partial charge in [0.2, 0.25) is 0 Å². The van der Waals surface area contributed by atoms with Gasteiger partial charge < -0.3 is 10.5 Å². The van der Waals surface area contributed by atoms with Crippen molar-refractivity contribution in [1.82, 2.24) is 0 Å². The molecule has 0 aliphatic rings. The molecule has 2 nitrogen and oxygen atoms in total. The van der Waals surface area contributed by atoms with Gasteiger partial charge in [-0.2, -0.15) is 0 Å². The second kappa shape index (κ2) is 5.85. The highest BCUT2D eigenvalue weighted by molar-refractivity contribution is 5.34. The normalized spacial score (nSPS) is 12.2. The highest BCUT2D eigenvalue weighted by atomic mass is 19.1. The summed E-state index contributed by atoms with van der Waals surface area (Å²) in [5.74, 6) is 0.348. The standard InChI is InChI=1S/C16H18FNO/c1-11-3-4-12(2)15(9-11)16(10-18)19-14-7-5-13(17)6-8-14/h3-9,16H,10,18H2,1-2H3. The molecule has 19 heavy (non-hydrogen) atoms. The number of benzene rings is 2. The van der Waals surface area contributed by atoms with Crippen LogP contribution in [0, 0.1) is 19.7 Å². The Labute approximate surface area is 113 Å². The van der Waals surface area contributed by atoms with Gasteiger partial charge in [-0.25, -0.2) is 4.39 Å². The van der Waals surface area contributed by atoms with Crippen LogP contribution in [0.1, 0.15) is 22.8 Å². The molecule has 2 rings (SSSR count). The Kier molecular flexibility index (Phi) is 4.17. The smallest absolute Gasteiger partial charge is 0.136 e. The highest BCUT2D eigenvalue weighted by Crippen LogP contribution is 2.24. The summed E-state index contributed by atoms with van der Waals surface area (Å²) in [5, 5.41) is 0. The molecular formula is C16H18FNO. The maximum atomic E-state index is 12.9. The molecular weight excluding hydrogens is 241 g/mol. The first-order valence-corrected chi connectivity index (χ1v) is 6.29. The fraction of sp³-hybridized carbons (Fsp3) is 0.250. The molecule has 0 saturated heterocycles. The quantitative estimate of drug-likeness (QED) is 0.911. The Morgan fingerprint density at radius 1 is 1.11 bits per heavy atom. The van der Waals surface area contributed by atoms with Gasteiger partial charge in [-0.3, -0.25) is 0 Å². The molecule has 2 aromatic carbocycles. The molecule has 0 fully saturated rings. The fourth-order valence-electron chi connectivity index (χ4n) is 2.02. The van der Waals surface area contributed by atoms with Crippen molar-refractivity contribution in [3.05, 3.63) is 65.0 Å². The Morgan fingerprint density at radius 2 is 1.79 bits per heavy atom. The molecule has 0 saturated carbocycles. The fourth-order valence-corrected chi connectivity index (χ4v) is 2.02. The lowest BCUT2D eigenvalue weighted by atomic mass is 10.0. The minimum Gasteiger partial charge on any atom is -0.484 e. The van der Waals surface area contributed by atoms with Gasteiger partial charge in [-0.1, -0.05) is 23.8 Å². The second-order valence-electron chi connectivity index (χ2n) is 4.66. The summed E-state index contributed by atoms with van der Waals surface area (Å²) in [7, 11) is 0. The minimum atomic E-state index is -0.275. The molecule has 0 aliphatic carbocycles. The van der Waals surface area contributed by atoms with Gasteiger partial charge in [0.25, 0.3) is 0 Å². The molecule has 0 radical (unpaired) electrons. The number of nitrogens with two attached hydrogens (primary N) is 1. The molecule has 0 amide bonds. The van der Waals surface area contributed by atoms with Crippen LogP contribution in [-0.2, 0) is 0 Å². The van der Waals surface area contributed by atoms with Crippen molar-refractivity contribution in [2.24, 2.45) is 5.73 Å². The van der Waals surface area contributed by atoms with Crippen molar-refractivity contribution in [1.29, 1.82) is 0 Å². The number of rotatable bonds is 4. The van der Waals surface area contributed by atoms with Crippen molar-refractivity contribution >= 4 is 0 Å². The maximum absolute atomic E-state index is 12.9. The van der Waals surface area contributed by atoms with E-state index in [4.69, 9.17) is 10.5 Å². The zero-order chi connectivity index (χ0) is 13.8. The first kappa shape index (κ1) is 13.6. The molecule has 1 unspecified atom stereocenters. The number of halogens is 1. The monoisotopic (exact) mass is 259 g/mol. The van der Waals surface area contributed by atoms with Crippen molar-refractivity contribution < 1.29 is 9.13 Å². The lowest BCUT2D eigenvalue weighted by Crippen LogP contribution is -2.19. The van der Waals surface area contributed by atoms with Crippen LogP contribution in [0.2, 0.25) is 0 Å². The van der Waals surface area contributed by atoms with Crippen molar-refractivity contribution in [2.45, 2.75) is 20.0 Å². The van der Waals surface area contributed by atoms with E-state index in [0.717, 1.165) is 11.1 Å². The summed E-state index contributed by atoms with van der Waals surface area (Å²) in [6.45, 7) is 4.45. The van der Waals surface area contributed by atoms with Crippen LogP contribution in [0.5, 0.6) is 5.75 Å². The molecule has 0 heterocycles. The van der Waals surface area contributed by atoms with E-state index in [1.807, 2.05) is 13.8 Å². The third kappa shape index (κ3) is 3.32. The van der Waals surface area contributed by atoms with Gasteiger partial charge in [0, 0.05) is 6.54 Å². The molecule has 3 heteroatoms. The number of ether oxygens (including phenoxy) is 1. The van der Waals surface area contributed by atoms with E-state index in [1.54, 1.807) is 12.1 Å². The average Bonchev–Trinajstić information content (AvgIpc) is 2.41. The summed E-state index contributed by atoms with van der Waals surface area (Å²) in [6.07, 6.45) is -0.217. The Morgan fingerprint density at radius 3 is 2.42 bits per heavy atom. The summed E-state index contributed by atoms with van der Waals surface area (Å²) < 4.78 is 18.7. The van der Waals surface area contributed by atoms with Gasteiger partial charge in [0.15, 0.2) is 0 Å². The Balaban J connectivity index is 2.24. The largest absolute Gasteiger partial charge is 0.484 e. The van der Waals surface area contributed by atoms with Crippen LogP contribution in [0.15, 0.2) is 42.5 Å². The molecule has 2 aromatic rings. The molecule has 0 bridgehead atoms. The van der Waals surface area contributed by atoms with Crippen LogP contribution in [-0.4, -0.2) is 6.54 Å². The van der Waals surface area contributed by atoms with Gasteiger partial charge in [0.05, 0.1) is 0 Å². The maximum Gasteiger partial charge on any atom is 0.136 e. The van der Waals surface area contributed by atoms with Gasteiger partial charge in [0.1, 0.15) is 17.7 Å². The van der Waals surface area contributed by atoms with E-state index in [9.17, 15) is 4.39 Å². The summed E-state index contributed by atoms with van der Waals surface area (Å²) >= 11 is 0. The molecule has 0 aromatic heterocycles. The minimum absolute atomic E-state index is 0.217. The Hall–Kier alpha value is -1.87. The predicted octanol–water partition coefficient (Wildman–Crippen LogP) is 3.52. The first-order chi connectivity index (χ1) is 9.10. The Bertz CT molecular complexity index is 551. The van der Waals surface area contributed by atoms with Gasteiger partial charge in [-0.05, 0) is 49.2 Å². The topological polar surface area (TPSA) is 35.2 Å². The zero-order valence-electron chi connectivity index (χ0n) is 11.2. The van der Waals surface area contributed by atoms with E-state index in [2.05, 4.69) is 18.2 Å². The third-order valence-electron chi connectivity index (χ3n) is 3.09. The van der Waals surface area contributed by atoms with Crippen LogP contribution < -0.4 is 10.5 Å². The first-order valence-electron chi connectivity index (χ1n) is 6.29. The van der Waals surface area contributed by atoms with Crippen molar-refractivity contribution in [3.8, 4) is 5.75 Å². The predicted molar refractivity (Wildman–Crippen MR) is 74.7 cm³/mol. The lowest BCUT2D eigenvalue weighted by Gasteiger charge is -2.20. The summed E-state index contributed by atoms with van der Waals surface area (Å²) in [4.78, 5) is 0. The van der Waals surface area contributed by atoms with Gasteiger partial charge >= 0.3 is 0 Å². The van der Waals surface area contributed by atoms with E-state index in [0.29, 0.717) is 12.3 Å². The number of hydrogen-bond acceptors (Lipinski definition) is 2. The van der Waals surface area contributed by atoms with Crippen LogP contribution in [0.4, 0.5) is 4.39 Å². The SMILES string of the molecule is Cc1ccc(C)c(C(CN)Oc2ccc(F)cc2)c1. The molecule has 1 atom stereocenters. The third-order valence-corrected chi connectivity index (χ3v) is 3.09. The molecule has 0 aliphatic heterocycles. The highest BCUT2D eigenvalue weighted by Gasteiger charge is 2.14. The number of aryl methyl sites for hydroxylation is 2. The lowest BCUT2D eigenvalue weighted by molar-refractivity contribution is 0.213. The van der Waals surface area contributed by atoms with Crippen molar-refractivity contribution in [2.75, 3.05) is 6.54 Å².